The van der Waals surface area contributed by atoms with E-state index in [1.54, 1.807) is 13.2 Å². The van der Waals surface area contributed by atoms with Gasteiger partial charge in [-0.25, -0.2) is 0 Å². The smallest absolute Gasteiger partial charge is 0.243 e. The fourth-order valence-corrected chi connectivity index (χ4v) is 2.50. The van der Waals surface area contributed by atoms with E-state index in [1.807, 2.05) is 56.1 Å². The van der Waals surface area contributed by atoms with Crippen molar-refractivity contribution in [1.29, 1.82) is 0 Å². The molecule has 0 aliphatic heterocycles. The van der Waals surface area contributed by atoms with Crippen LogP contribution in [0.1, 0.15) is 23.8 Å². The van der Waals surface area contributed by atoms with Crippen LogP contribution in [0.15, 0.2) is 41.0 Å². The van der Waals surface area contributed by atoms with E-state index in [9.17, 15) is 9.59 Å². The Hall–Kier alpha value is -2.60. The molecule has 134 valence electrons. The number of amides is 2. The Morgan fingerprint density at radius 1 is 1.16 bits per heavy atom. The lowest BCUT2D eigenvalue weighted by Crippen LogP contribution is -2.45. The number of anilines is 1. The summed E-state index contributed by atoms with van der Waals surface area (Å²) in [7, 11) is 1.84. The van der Waals surface area contributed by atoms with Crippen LogP contribution in [0.3, 0.4) is 0 Å². The van der Waals surface area contributed by atoms with Gasteiger partial charge >= 0.3 is 0 Å². The summed E-state index contributed by atoms with van der Waals surface area (Å²) < 4.78 is 5.28. The lowest BCUT2D eigenvalue weighted by molar-refractivity contribution is -0.127. The molecule has 1 aromatic heterocycles. The maximum atomic E-state index is 12.2. The summed E-state index contributed by atoms with van der Waals surface area (Å²) >= 11 is 0. The fraction of sp³-hybridized carbons (Fsp3) is 0.368. The summed E-state index contributed by atoms with van der Waals surface area (Å²) in [6, 6.07) is 9.11. The Morgan fingerprint density at radius 3 is 2.44 bits per heavy atom. The van der Waals surface area contributed by atoms with Crippen molar-refractivity contribution in [3.8, 4) is 0 Å². The van der Waals surface area contributed by atoms with E-state index in [-0.39, 0.29) is 24.4 Å². The van der Waals surface area contributed by atoms with Crippen molar-refractivity contribution in [2.45, 2.75) is 33.4 Å². The molecule has 25 heavy (non-hydrogen) atoms. The molecule has 0 aliphatic carbocycles. The number of aryl methyl sites for hydroxylation is 2. The highest BCUT2D eigenvalue weighted by atomic mass is 16.3. The van der Waals surface area contributed by atoms with E-state index in [0.29, 0.717) is 6.54 Å². The van der Waals surface area contributed by atoms with Crippen molar-refractivity contribution in [3.05, 3.63) is 53.5 Å². The predicted molar refractivity (Wildman–Crippen MR) is 97.2 cm³/mol. The Bertz CT molecular complexity index is 705. The highest BCUT2D eigenvalue weighted by molar-refractivity contribution is 5.96. The molecule has 0 saturated carbocycles. The van der Waals surface area contributed by atoms with Gasteiger partial charge in [-0.1, -0.05) is 18.2 Å². The maximum absolute atomic E-state index is 12.2. The second-order valence-electron chi connectivity index (χ2n) is 6.20. The maximum Gasteiger partial charge on any atom is 0.243 e. The molecule has 6 heteroatoms. The number of carbonyl (C=O) groups excluding carboxylic acids is 2. The largest absolute Gasteiger partial charge is 0.468 e. The van der Waals surface area contributed by atoms with Crippen LogP contribution in [0.25, 0.3) is 0 Å². The Morgan fingerprint density at radius 2 is 1.84 bits per heavy atom. The summed E-state index contributed by atoms with van der Waals surface area (Å²) in [6.45, 7) is 6.13. The van der Waals surface area contributed by atoms with Gasteiger partial charge in [0.15, 0.2) is 0 Å². The lowest BCUT2D eigenvalue weighted by atomic mass is 10.1. The third-order valence-corrected chi connectivity index (χ3v) is 4.19. The first-order valence-corrected chi connectivity index (χ1v) is 8.25. The van der Waals surface area contributed by atoms with Crippen molar-refractivity contribution in [3.63, 3.8) is 0 Å². The minimum Gasteiger partial charge on any atom is -0.468 e. The second kappa shape index (κ2) is 8.48. The van der Waals surface area contributed by atoms with Crippen LogP contribution in [0.5, 0.6) is 0 Å². The molecule has 1 atom stereocenters. The van der Waals surface area contributed by atoms with Gasteiger partial charge in [0.05, 0.1) is 25.4 Å². The zero-order valence-electron chi connectivity index (χ0n) is 15.1. The molecule has 2 amide bonds. The van der Waals surface area contributed by atoms with E-state index >= 15 is 0 Å². The number of para-hydroxylation sites is 1. The third-order valence-electron chi connectivity index (χ3n) is 4.19. The average Bonchev–Trinajstić information content (AvgIpc) is 3.08. The first kappa shape index (κ1) is 18.7. The minimum atomic E-state index is -0.377. The molecule has 1 heterocycles. The summed E-state index contributed by atoms with van der Waals surface area (Å²) in [4.78, 5) is 26.2. The summed E-state index contributed by atoms with van der Waals surface area (Å²) in [6.07, 6.45) is 1.60. The van der Waals surface area contributed by atoms with Gasteiger partial charge in [0.1, 0.15) is 5.76 Å². The number of rotatable bonds is 7. The second-order valence-corrected chi connectivity index (χ2v) is 6.20. The van der Waals surface area contributed by atoms with Crippen molar-refractivity contribution >= 4 is 17.5 Å². The first-order valence-electron chi connectivity index (χ1n) is 8.25. The van der Waals surface area contributed by atoms with Crippen LogP contribution in [-0.2, 0) is 16.1 Å². The molecule has 2 aromatic rings. The number of benzene rings is 1. The standard InChI is InChI=1S/C19H25N3O3/c1-13-7-5-8-14(2)18(13)21-17(23)11-20-19(24)15(3)22(4)12-16-9-6-10-25-16/h5-10,15H,11-12H2,1-4H3,(H,20,24)(H,21,23)/t15-/m1/s1. The normalized spacial score (nSPS) is 12.0. The zero-order chi connectivity index (χ0) is 18.4. The highest BCUT2D eigenvalue weighted by Crippen LogP contribution is 2.19. The molecule has 0 aliphatic rings. The quantitative estimate of drug-likeness (QED) is 0.810. The van der Waals surface area contributed by atoms with Crippen LogP contribution in [0.2, 0.25) is 0 Å². The average molecular weight is 343 g/mol. The molecule has 2 rings (SSSR count). The predicted octanol–water partition coefficient (Wildman–Crippen LogP) is 2.47. The highest BCUT2D eigenvalue weighted by Gasteiger charge is 2.19. The molecule has 0 bridgehead atoms. The van der Waals surface area contributed by atoms with E-state index in [1.165, 1.54) is 0 Å². The number of nitrogens with one attached hydrogen (secondary N) is 2. The Balaban J connectivity index is 1.83. The SMILES string of the molecule is Cc1cccc(C)c1NC(=O)CNC(=O)[C@@H](C)N(C)Cc1ccco1. The van der Waals surface area contributed by atoms with E-state index in [4.69, 9.17) is 4.42 Å². The van der Waals surface area contributed by atoms with Crippen molar-refractivity contribution in [2.75, 3.05) is 18.9 Å². The topological polar surface area (TPSA) is 74.6 Å². The molecule has 0 saturated heterocycles. The molecule has 0 radical (unpaired) electrons. The monoisotopic (exact) mass is 343 g/mol. The van der Waals surface area contributed by atoms with Gasteiger partial charge in [-0.05, 0) is 51.1 Å². The summed E-state index contributed by atoms with van der Waals surface area (Å²) in [5.74, 6) is 0.340. The molecular formula is C19H25N3O3. The van der Waals surface area contributed by atoms with Crippen LogP contribution >= 0.6 is 0 Å². The Labute approximate surface area is 148 Å². The number of likely N-dealkylation sites (N-methyl/N-ethyl adjacent to an activating group) is 1. The molecule has 0 spiro atoms. The van der Waals surface area contributed by atoms with Crippen LogP contribution in [0, 0.1) is 13.8 Å². The van der Waals surface area contributed by atoms with Gasteiger partial charge in [0.25, 0.3) is 0 Å². The van der Waals surface area contributed by atoms with Crippen molar-refractivity contribution in [2.24, 2.45) is 0 Å². The van der Waals surface area contributed by atoms with Gasteiger partial charge in [-0.15, -0.1) is 0 Å². The molecule has 6 nitrogen and oxygen atoms in total. The summed E-state index contributed by atoms with van der Waals surface area (Å²) in [5, 5.41) is 5.53. The molecule has 1 aromatic carbocycles. The molecule has 2 N–H and O–H groups in total. The number of carbonyl (C=O) groups is 2. The van der Waals surface area contributed by atoms with Gasteiger partial charge in [0.2, 0.25) is 11.8 Å². The van der Waals surface area contributed by atoms with Crippen LogP contribution in [0.4, 0.5) is 5.69 Å². The van der Waals surface area contributed by atoms with Gasteiger partial charge in [-0.2, -0.15) is 0 Å². The van der Waals surface area contributed by atoms with Gasteiger partial charge in [0, 0.05) is 5.69 Å². The Kier molecular flexibility index (Phi) is 6.36. The number of hydrogen-bond acceptors (Lipinski definition) is 4. The van der Waals surface area contributed by atoms with Crippen molar-refractivity contribution < 1.29 is 14.0 Å². The van der Waals surface area contributed by atoms with E-state index in [0.717, 1.165) is 22.6 Å². The van der Waals surface area contributed by atoms with E-state index in [2.05, 4.69) is 10.6 Å². The molecule has 0 fully saturated rings. The minimum absolute atomic E-state index is 0.0639. The fourth-order valence-electron chi connectivity index (χ4n) is 2.50. The lowest BCUT2D eigenvalue weighted by Gasteiger charge is -2.22. The summed E-state index contributed by atoms with van der Waals surface area (Å²) in [5.41, 5.74) is 2.78. The molecule has 0 unspecified atom stereocenters. The van der Waals surface area contributed by atoms with Crippen LogP contribution in [-0.4, -0.2) is 36.3 Å². The van der Waals surface area contributed by atoms with Gasteiger partial charge < -0.3 is 15.1 Å². The van der Waals surface area contributed by atoms with Crippen LogP contribution < -0.4 is 10.6 Å². The first-order chi connectivity index (χ1) is 11.9. The van der Waals surface area contributed by atoms with Crippen molar-refractivity contribution in [1.82, 2.24) is 10.2 Å². The number of nitrogens with zero attached hydrogens (tertiary/aromatic N) is 1. The molecular weight excluding hydrogens is 318 g/mol. The number of furan rings is 1. The number of hydrogen-bond donors (Lipinski definition) is 2. The van der Waals surface area contributed by atoms with Gasteiger partial charge in [-0.3, -0.25) is 14.5 Å². The zero-order valence-corrected chi connectivity index (χ0v) is 15.1. The third kappa shape index (κ3) is 5.19. The van der Waals surface area contributed by atoms with E-state index < -0.39 is 0 Å².